The number of amides is 1. The first-order valence-corrected chi connectivity index (χ1v) is 6.59. The average molecular weight is 305 g/mol. The SMILES string of the molecule is CC(=O)NC(C(O)CC(O)C(=O)O)C(O)C(O)C12CC1O2. The van der Waals surface area contributed by atoms with E-state index in [-0.39, 0.29) is 6.10 Å². The molecule has 1 aliphatic carbocycles. The van der Waals surface area contributed by atoms with Gasteiger partial charge in [0.15, 0.2) is 6.10 Å². The number of aliphatic hydroxyl groups excluding tert-OH is 4. The summed E-state index contributed by atoms with van der Waals surface area (Å²) in [6, 6.07) is -1.31. The predicted octanol–water partition coefficient (Wildman–Crippen LogP) is -3.05. The van der Waals surface area contributed by atoms with Crippen molar-refractivity contribution in [1.29, 1.82) is 0 Å². The molecule has 0 aromatic carbocycles. The van der Waals surface area contributed by atoms with E-state index < -0.39 is 54.4 Å². The normalized spacial score (nSPS) is 33.1. The average Bonchev–Trinajstić information content (AvgIpc) is 3.22. The van der Waals surface area contributed by atoms with Crippen LogP contribution in [0.5, 0.6) is 0 Å². The number of carbonyl (C=O) groups is 2. The van der Waals surface area contributed by atoms with Crippen LogP contribution in [-0.2, 0) is 14.3 Å². The number of epoxide rings is 1. The molecule has 1 aliphatic heterocycles. The van der Waals surface area contributed by atoms with E-state index in [1.54, 1.807) is 0 Å². The monoisotopic (exact) mass is 305 g/mol. The molecule has 7 atom stereocenters. The van der Waals surface area contributed by atoms with Crippen molar-refractivity contribution in [1.82, 2.24) is 5.32 Å². The zero-order valence-electron chi connectivity index (χ0n) is 11.3. The lowest BCUT2D eigenvalue weighted by atomic mass is 9.93. The molecule has 0 aromatic rings. The molecule has 21 heavy (non-hydrogen) atoms. The van der Waals surface area contributed by atoms with Gasteiger partial charge in [0.2, 0.25) is 5.91 Å². The first-order chi connectivity index (χ1) is 9.69. The van der Waals surface area contributed by atoms with E-state index >= 15 is 0 Å². The molecule has 2 rings (SSSR count). The minimum atomic E-state index is -1.84. The Morgan fingerprint density at radius 3 is 2.24 bits per heavy atom. The zero-order valence-corrected chi connectivity index (χ0v) is 11.3. The molecule has 0 spiro atoms. The maximum atomic E-state index is 11.2. The van der Waals surface area contributed by atoms with E-state index in [9.17, 15) is 30.0 Å². The maximum absolute atomic E-state index is 11.2. The first kappa shape index (κ1) is 16.1. The van der Waals surface area contributed by atoms with E-state index in [1.165, 1.54) is 0 Å². The number of aliphatic carboxylic acids is 1. The molecule has 1 heterocycles. The largest absolute Gasteiger partial charge is 0.479 e. The molecular formula is C12H19NO8. The number of hydrogen-bond donors (Lipinski definition) is 6. The van der Waals surface area contributed by atoms with Crippen molar-refractivity contribution in [2.24, 2.45) is 0 Å². The fourth-order valence-electron chi connectivity index (χ4n) is 2.44. The Kier molecular flexibility index (Phi) is 4.22. The highest BCUT2D eigenvalue weighted by Gasteiger charge is 2.78. The summed E-state index contributed by atoms with van der Waals surface area (Å²) in [4.78, 5) is 21.7. The van der Waals surface area contributed by atoms with Gasteiger partial charge in [0.05, 0.1) is 18.2 Å². The number of aliphatic hydroxyl groups is 4. The summed E-state index contributed by atoms with van der Waals surface area (Å²) < 4.78 is 5.08. The fraction of sp³-hybridized carbons (Fsp3) is 0.833. The van der Waals surface area contributed by atoms with Gasteiger partial charge < -0.3 is 35.6 Å². The second-order valence-corrected chi connectivity index (χ2v) is 5.58. The van der Waals surface area contributed by atoms with Crippen molar-refractivity contribution in [3.8, 4) is 0 Å². The number of rotatable bonds is 8. The third-order valence-corrected chi connectivity index (χ3v) is 3.92. The molecule has 2 aliphatic rings. The van der Waals surface area contributed by atoms with Gasteiger partial charge in [-0.05, 0) is 0 Å². The molecule has 1 amide bonds. The Balaban J connectivity index is 2.02. The van der Waals surface area contributed by atoms with Crippen LogP contribution in [0, 0.1) is 0 Å². The highest BCUT2D eigenvalue weighted by Crippen LogP contribution is 2.62. The van der Waals surface area contributed by atoms with Gasteiger partial charge in [-0.15, -0.1) is 0 Å². The molecule has 0 aromatic heterocycles. The minimum absolute atomic E-state index is 0.109. The lowest BCUT2D eigenvalue weighted by Gasteiger charge is -2.32. The van der Waals surface area contributed by atoms with Crippen molar-refractivity contribution >= 4 is 11.9 Å². The quantitative estimate of drug-likeness (QED) is 0.258. The van der Waals surface area contributed by atoms with E-state index in [2.05, 4.69) is 5.32 Å². The highest BCUT2D eigenvalue weighted by atomic mass is 16.7. The number of carboxylic acid groups (broad SMARTS) is 1. The van der Waals surface area contributed by atoms with Gasteiger partial charge >= 0.3 is 5.97 Å². The molecule has 1 saturated carbocycles. The smallest absolute Gasteiger partial charge is 0.332 e. The minimum Gasteiger partial charge on any atom is -0.479 e. The van der Waals surface area contributed by atoms with Crippen LogP contribution in [0.15, 0.2) is 0 Å². The summed E-state index contributed by atoms with van der Waals surface area (Å²) in [5, 5.41) is 50.2. The van der Waals surface area contributed by atoms with Crippen molar-refractivity contribution in [3.05, 3.63) is 0 Å². The summed E-state index contributed by atoms with van der Waals surface area (Å²) in [7, 11) is 0. The third-order valence-electron chi connectivity index (χ3n) is 3.92. The second kappa shape index (κ2) is 5.50. The van der Waals surface area contributed by atoms with Gasteiger partial charge in [-0.3, -0.25) is 4.79 Å². The Hall–Kier alpha value is -1.26. The Morgan fingerprint density at radius 1 is 1.33 bits per heavy atom. The van der Waals surface area contributed by atoms with Crippen LogP contribution in [0.4, 0.5) is 0 Å². The fourth-order valence-corrected chi connectivity index (χ4v) is 2.44. The molecule has 120 valence electrons. The van der Waals surface area contributed by atoms with Gasteiger partial charge in [-0.2, -0.15) is 0 Å². The number of carbonyl (C=O) groups excluding carboxylic acids is 1. The molecule has 9 heteroatoms. The lowest BCUT2D eigenvalue weighted by Crippen LogP contribution is -2.57. The van der Waals surface area contributed by atoms with Crippen LogP contribution >= 0.6 is 0 Å². The van der Waals surface area contributed by atoms with Crippen molar-refractivity contribution in [2.75, 3.05) is 0 Å². The van der Waals surface area contributed by atoms with Gasteiger partial charge in [0.25, 0.3) is 0 Å². The maximum Gasteiger partial charge on any atom is 0.332 e. The summed E-state index contributed by atoms with van der Waals surface area (Å²) >= 11 is 0. The zero-order chi connectivity index (χ0) is 15.9. The lowest BCUT2D eigenvalue weighted by molar-refractivity contribution is -0.149. The van der Waals surface area contributed by atoms with Crippen molar-refractivity contribution < 1.29 is 39.9 Å². The molecule has 1 saturated heterocycles. The Morgan fingerprint density at radius 2 is 1.86 bits per heavy atom. The molecule has 7 unspecified atom stereocenters. The van der Waals surface area contributed by atoms with Gasteiger partial charge in [0.1, 0.15) is 17.8 Å². The van der Waals surface area contributed by atoms with Crippen LogP contribution in [0.3, 0.4) is 0 Å². The van der Waals surface area contributed by atoms with E-state index in [0.717, 1.165) is 6.92 Å². The van der Waals surface area contributed by atoms with E-state index in [1.807, 2.05) is 0 Å². The Bertz CT molecular complexity index is 435. The number of fused-ring (bicyclic) bond motifs is 1. The summed E-state index contributed by atoms with van der Waals surface area (Å²) in [6.45, 7) is 1.15. The highest BCUT2D eigenvalue weighted by molar-refractivity contribution is 5.73. The molecule has 0 bridgehead atoms. The summed E-state index contributed by atoms with van der Waals surface area (Å²) in [5.74, 6) is -2.10. The molecule has 2 fully saturated rings. The Labute approximate surface area is 120 Å². The number of hydrogen-bond acceptors (Lipinski definition) is 7. The van der Waals surface area contributed by atoms with Gasteiger partial charge in [-0.25, -0.2) is 4.79 Å². The summed E-state index contributed by atoms with van der Waals surface area (Å²) in [5.41, 5.74) is -0.804. The second-order valence-electron chi connectivity index (χ2n) is 5.58. The van der Waals surface area contributed by atoms with Crippen LogP contribution in [-0.4, -0.2) is 79.6 Å². The first-order valence-electron chi connectivity index (χ1n) is 6.59. The van der Waals surface area contributed by atoms with Crippen molar-refractivity contribution in [3.63, 3.8) is 0 Å². The summed E-state index contributed by atoms with van der Waals surface area (Å²) in [6.07, 6.45) is -6.36. The molecule has 9 nitrogen and oxygen atoms in total. The van der Waals surface area contributed by atoms with Crippen LogP contribution in [0.2, 0.25) is 0 Å². The topological polar surface area (TPSA) is 160 Å². The molecule has 0 radical (unpaired) electrons. The van der Waals surface area contributed by atoms with Gasteiger partial charge in [0, 0.05) is 19.8 Å². The standard InChI is InChI=1S/C12H19NO8/c1-4(14)13-8(5(15)2-6(16)11(19)20)9(17)10(18)12-3-7(12)21-12/h5-10,15-18H,2-3H2,1H3,(H,13,14)(H,19,20). The van der Waals surface area contributed by atoms with Crippen molar-refractivity contribution in [2.45, 2.75) is 61.9 Å². The van der Waals surface area contributed by atoms with E-state index in [0.29, 0.717) is 6.42 Å². The van der Waals surface area contributed by atoms with Gasteiger partial charge in [-0.1, -0.05) is 0 Å². The number of carboxylic acids is 1. The predicted molar refractivity (Wildman–Crippen MR) is 66.1 cm³/mol. The number of nitrogens with one attached hydrogen (secondary N) is 1. The number of ether oxygens (including phenoxy) is 1. The van der Waals surface area contributed by atoms with Crippen LogP contribution in [0.1, 0.15) is 19.8 Å². The van der Waals surface area contributed by atoms with Crippen LogP contribution in [0.25, 0.3) is 0 Å². The molecular weight excluding hydrogens is 286 g/mol. The molecule has 6 N–H and O–H groups in total. The third kappa shape index (κ3) is 3.16. The van der Waals surface area contributed by atoms with Crippen LogP contribution < -0.4 is 5.32 Å². The van der Waals surface area contributed by atoms with E-state index in [4.69, 9.17) is 9.84 Å².